The van der Waals surface area contributed by atoms with Gasteiger partial charge in [-0.3, -0.25) is 28.8 Å². The molecule has 0 radical (unpaired) electrons. The topological polar surface area (TPSA) is 280 Å². The summed E-state index contributed by atoms with van der Waals surface area (Å²) in [6.07, 6.45) is 3.19. The number of methoxy groups -OCH3 is 2. The molecule has 2 saturated heterocycles. The van der Waals surface area contributed by atoms with Gasteiger partial charge in [0.25, 0.3) is 5.91 Å². The lowest BCUT2D eigenvalue weighted by Gasteiger charge is -2.41. The number of hydrogen-bond acceptors (Lipinski definition) is 15. The van der Waals surface area contributed by atoms with Crippen LogP contribution in [0.4, 0.5) is 10.5 Å². The zero-order valence-electron chi connectivity index (χ0n) is 49.5. The number of hydrogen-bond donors (Lipinski definition) is 4. The fraction of sp³-hybridized carbons (Fsp3) is 0.590. The van der Waals surface area contributed by atoms with Gasteiger partial charge in [0, 0.05) is 77.3 Å². The molecule has 0 saturated carbocycles. The number of likely N-dealkylation sites (N-methyl/N-ethyl adjacent to an activating group) is 1. The number of amides is 5. The standard InChI is InChI=1S/C61H84ClN5O15/c1-34(2)44(30-43(69)19-14-13-18-37(5)68)56(73)65-45(20-16-24-64-59(63)76)47(70)29-41-22-23-42(26-36(41)4)57(74)66(9)39(7)58(75)81-51-31-52(71)67(10)46-27-40(28-48(78-11)54(46)62)25-35(3)17-15-21-50(79-12)61(77)32-49(80-53(72)33-61)38(6)55-60(51,8)82-55/h15,17,21-23,26-28,34,38-39,44-45,49-51,55,77H,13-14,16,18-20,24-25,29-33H2,1-12H3,(H,65,73)(H3,63,64,76)/b21-15+,35-17+/t38-,39+,44+,45+,49+,50-,51+,55+,60+,61-/m1/s1. The summed E-state index contributed by atoms with van der Waals surface area (Å²) in [6.45, 7) is 13.9. The highest BCUT2D eigenvalue weighted by molar-refractivity contribution is 6.35. The number of carbonyl (C=O) groups excluding carboxylic acids is 9. The molecule has 0 aliphatic carbocycles. The van der Waals surface area contributed by atoms with E-state index in [2.05, 4.69) is 10.6 Å². The number of esters is 2. The average Bonchev–Trinajstić information content (AvgIpc) is 4.19. The summed E-state index contributed by atoms with van der Waals surface area (Å²) in [5, 5.41) is 17.6. The van der Waals surface area contributed by atoms with E-state index >= 15 is 0 Å². The zero-order chi connectivity index (χ0) is 61.0. The van der Waals surface area contributed by atoms with Crippen molar-refractivity contribution < 1.29 is 71.9 Å². The molecule has 3 aliphatic rings. The molecule has 4 bridgehead atoms. The second-order valence-electron chi connectivity index (χ2n) is 22.9. The van der Waals surface area contributed by atoms with E-state index in [0.717, 1.165) is 11.1 Å². The number of rotatable bonds is 23. The monoisotopic (exact) mass is 1160 g/mol. The first-order chi connectivity index (χ1) is 38.5. The van der Waals surface area contributed by atoms with Crippen LogP contribution in [-0.2, 0) is 65.4 Å². The van der Waals surface area contributed by atoms with Crippen molar-refractivity contribution in [1.29, 1.82) is 0 Å². The molecule has 0 aromatic heterocycles. The Morgan fingerprint density at radius 1 is 1.01 bits per heavy atom. The summed E-state index contributed by atoms with van der Waals surface area (Å²) < 4.78 is 29.8. The van der Waals surface area contributed by atoms with Crippen LogP contribution >= 0.6 is 11.6 Å². The predicted molar refractivity (Wildman–Crippen MR) is 307 cm³/mol. The van der Waals surface area contributed by atoms with E-state index in [0.29, 0.717) is 54.7 Å². The van der Waals surface area contributed by atoms with Crippen LogP contribution in [0, 0.1) is 24.7 Å². The minimum Gasteiger partial charge on any atom is -0.495 e. The number of primary amides is 1. The molecule has 0 spiro atoms. The summed E-state index contributed by atoms with van der Waals surface area (Å²) in [4.78, 5) is 122. The van der Waals surface area contributed by atoms with Crippen molar-refractivity contribution in [2.45, 2.75) is 180 Å². The number of allylic oxidation sites excluding steroid dienone is 3. The number of epoxide rings is 1. The van der Waals surface area contributed by atoms with Crippen molar-refractivity contribution in [2.75, 3.05) is 39.8 Å². The van der Waals surface area contributed by atoms with Crippen molar-refractivity contribution in [1.82, 2.24) is 15.5 Å². The Hall–Kier alpha value is -6.48. The number of ether oxygens (including phenoxy) is 5. The number of nitrogens with two attached hydrogens (primary N) is 1. The summed E-state index contributed by atoms with van der Waals surface area (Å²) >= 11 is 6.86. The van der Waals surface area contributed by atoms with E-state index < -0.39 is 102 Å². The van der Waals surface area contributed by atoms with Gasteiger partial charge in [-0.2, -0.15) is 0 Å². The highest BCUT2D eigenvalue weighted by Gasteiger charge is 2.64. The van der Waals surface area contributed by atoms with Crippen LogP contribution in [0.3, 0.4) is 0 Å². The normalized spacial score (nSPS) is 25.0. The summed E-state index contributed by atoms with van der Waals surface area (Å²) in [5.74, 6) is -4.66. The van der Waals surface area contributed by atoms with Gasteiger partial charge < -0.3 is 59.8 Å². The van der Waals surface area contributed by atoms with Crippen LogP contribution in [0.2, 0.25) is 5.02 Å². The third kappa shape index (κ3) is 17.3. The molecular weight excluding hydrogens is 1080 g/mol. The lowest BCUT2D eigenvalue weighted by Crippen LogP contribution is -2.53. The number of ketones is 3. The predicted octanol–water partition coefficient (Wildman–Crippen LogP) is 6.81. The van der Waals surface area contributed by atoms with Gasteiger partial charge in [0.05, 0.1) is 37.8 Å². The number of nitrogens with zero attached hydrogens (tertiary/aromatic N) is 2. The van der Waals surface area contributed by atoms with E-state index in [-0.39, 0.29) is 78.9 Å². The minimum absolute atomic E-state index is 0.00977. The summed E-state index contributed by atoms with van der Waals surface area (Å²) in [7, 11) is 5.89. The largest absolute Gasteiger partial charge is 0.495 e. The highest BCUT2D eigenvalue weighted by Crippen LogP contribution is 2.50. The number of Topliss-reactive ketones (excluding diaryl/α,β-unsaturated/α-hetero) is 3. The number of carbonyl (C=O) groups is 9. The third-order valence-corrected chi connectivity index (χ3v) is 16.5. The average molecular weight is 1160 g/mol. The molecule has 82 heavy (non-hydrogen) atoms. The molecule has 10 atom stereocenters. The minimum atomic E-state index is -1.65. The van der Waals surface area contributed by atoms with Crippen LogP contribution in [0.1, 0.15) is 140 Å². The Labute approximate surface area is 486 Å². The maximum Gasteiger partial charge on any atom is 0.328 e. The number of anilines is 1. The molecule has 2 aromatic rings. The Kier molecular flexibility index (Phi) is 23.6. The second-order valence-corrected chi connectivity index (χ2v) is 23.3. The molecule has 5 N–H and O–H groups in total. The van der Waals surface area contributed by atoms with Gasteiger partial charge in [-0.1, -0.05) is 62.2 Å². The van der Waals surface area contributed by atoms with Crippen LogP contribution in [0.25, 0.3) is 0 Å². The molecule has 20 nitrogen and oxygen atoms in total. The molecule has 5 rings (SSSR count). The van der Waals surface area contributed by atoms with Gasteiger partial charge in [0.2, 0.25) is 11.8 Å². The van der Waals surface area contributed by atoms with Crippen LogP contribution in [0.15, 0.2) is 54.1 Å². The number of nitrogens with one attached hydrogen (secondary N) is 2. The molecule has 3 aliphatic heterocycles. The summed E-state index contributed by atoms with van der Waals surface area (Å²) in [5.41, 5.74) is 5.59. The van der Waals surface area contributed by atoms with Crippen molar-refractivity contribution in [3.05, 3.63) is 81.4 Å². The number of benzene rings is 2. The lowest BCUT2D eigenvalue weighted by molar-refractivity contribution is -0.187. The fourth-order valence-electron chi connectivity index (χ4n) is 10.8. The Morgan fingerprint density at radius 2 is 1.71 bits per heavy atom. The summed E-state index contributed by atoms with van der Waals surface area (Å²) in [6, 6.07) is 5.32. The van der Waals surface area contributed by atoms with E-state index in [1.165, 1.54) is 51.0 Å². The van der Waals surface area contributed by atoms with Crippen LogP contribution in [-0.4, -0.2) is 146 Å². The van der Waals surface area contributed by atoms with E-state index in [9.17, 15) is 48.3 Å². The highest BCUT2D eigenvalue weighted by atomic mass is 35.5. The Balaban J connectivity index is 1.36. The van der Waals surface area contributed by atoms with Gasteiger partial charge in [0.15, 0.2) is 5.78 Å². The number of unbranched alkanes of at least 4 members (excludes halogenated alkanes) is 1. The molecule has 5 amide bonds. The first-order valence-corrected chi connectivity index (χ1v) is 28.5. The SMILES string of the molecule is COc1cc2cc(c1Cl)N(C)C(=O)C[C@H](OC(=O)[C@H](C)N(C)C(=O)c1ccc(CC(=O)[C@H](CCCNC(N)=O)NC(=O)[C@@H](CC(=O)CCCCC(C)=O)C(C)C)c(C)c1)[C@]1(C)O[C@H]1[C@H](C)[C@@H]1C[C@@](O)(CC(=O)O1)[C@H](OC)/C=C/C=C(\C)C2. The molecule has 21 heteroatoms. The number of urea groups is 1. The first-order valence-electron chi connectivity index (χ1n) is 28.1. The number of fused-ring (bicyclic) bond motifs is 5. The quantitative estimate of drug-likeness (QED) is 0.0505. The maximum absolute atomic E-state index is 14.5. The van der Waals surface area contributed by atoms with Gasteiger partial charge in [-0.25, -0.2) is 9.59 Å². The smallest absolute Gasteiger partial charge is 0.328 e. The molecule has 0 unspecified atom stereocenters. The molecular formula is C61H84ClN5O15. The van der Waals surface area contributed by atoms with E-state index in [1.54, 1.807) is 64.2 Å². The van der Waals surface area contributed by atoms with Crippen molar-refractivity contribution in [3.63, 3.8) is 0 Å². The Morgan fingerprint density at radius 3 is 2.34 bits per heavy atom. The van der Waals surface area contributed by atoms with Gasteiger partial charge in [-0.15, -0.1) is 0 Å². The number of halogens is 1. The fourth-order valence-corrected chi connectivity index (χ4v) is 11.1. The van der Waals surface area contributed by atoms with Crippen molar-refractivity contribution in [2.24, 2.45) is 23.5 Å². The first kappa shape index (κ1) is 66.3. The zero-order valence-corrected chi connectivity index (χ0v) is 50.3. The third-order valence-electron chi connectivity index (χ3n) is 16.2. The van der Waals surface area contributed by atoms with Gasteiger partial charge >= 0.3 is 18.0 Å². The lowest BCUT2D eigenvalue weighted by atomic mass is 9.78. The number of aryl methyl sites for hydroxylation is 1. The Bertz CT molecular complexity index is 2780. The maximum atomic E-state index is 14.5. The van der Waals surface area contributed by atoms with Crippen LogP contribution in [0.5, 0.6) is 5.75 Å². The van der Waals surface area contributed by atoms with Crippen LogP contribution < -0.4 is 26.0 Å². The molecule has 2 aromatic carbocycles. The van der Waals surface area contributed by atoms with Gasteiger partial charge in [-0.05, 0) is 114 Å². The molecule has 450 valence electrons. The van der Waals surface area contributed by atoms with Gasteiger partial charge in [0.1, 0.15) is 57.9 Å². The van der Waals surface area contributed by atoms with E-state index in [4.69, 9.17) is 41.0 Å². The number of aliphatic hydroxyl groups is 1. The van der Waals surface area contributed by atoms with Crippen molar-refractivity contribution in [3.8, 4) is 5.75 Å². The van der Waals surface area contributed by atoms with E-state index in [1.807, 2.05) is 26.8 Å². The van der Waals surface area contributed by atoms with Crippen molar-refractivity contribution >= 4 is 70.3 Å². The molecule has 2 fully saturated rings. The second kappa shape index (κ2) is 29.2. The molecule has 3 heterocycles.